The van der Waals surface area contributed by atoms with Crippen LogP contribution >= 0.6 is 0 Å². The fourth-order valence-electron chi connectivity index (χ4n) is 3.90. The van der Waals surface area contributed by atoms with Crippen molar-refractivity contribution in [2.75, 3.05) is 5.32 Å². The quantitative estimate of drug-likeness (QED) is 0.701. The molecule has 0 unspecified atom stereocenters. The van der Waals surface area contributed by atoms with E-state index in [2.05, 4.69) is 36.2 Å². The number of fused-ring (bicyclic) bond motifs is 1. The van der Waals surface area contributed by atoms with Crippen LogP contribution in [0.1, 0.15) is 49.0 Å². The summed E-state index contributed by atoms with van der Waals surface area (Å²) in [4.78, 5) is 17.2. The van der Waals surface area contributed by atoms with E-state index in [1.807, 2.05) is 0 Å². The first-order chi connectivity index (χ1) is 13.7. The van der Waals surface area contributed by atoms with Crippen molar-refractivity contribution in [1.82, 2.24) is 14.7 Å². The monoisotopic (exact) mass is 396 g/mol. The molecular weight excluding hydrogens is 371 g/mol. The topological polar surface area (TPSA) is 73.0 Å². The molecule has 1 N–H and O–H groups in total. The molecule has 4 rings (SSSR count). The third-order valence-electron chi connectivity index (χ3n) is 5.83. The lowest BCUT2D eigenvalue weighted by molar-refractivity contribution is 0.101. The molecule has 0 radical (unpaired) electrons. The van der Waals surface area contributed by atoms with Gasteiger partial charge in [0.05, 0.1) is 11.9 Å². The second-order valence-corrected chi connectivity index (χ2v) is 8.73. The predicted molar refractivity (Wildman–Crippen MR) is 108 cm³/mol. The van der Waals surface area contributed by atoms with Crippen LogP contribution in [0.5, 0.6) is 0 Å². The Morgan fingerprint density at radius 2 is 2.00 bits per heavy atom. The largest absolute Gasteiger partial charge is 0.360 e. The van der Waals surface area contributed by atoms with Crippen LogP contribution in [0.4, 0.5) is 10.3 Å². The van der Waals surface area contributed by atoms with Crippen molar-refractivity contribution in [2.24, 2.45) is 18.4 Å². The Morgan fingerprint density at radius 3 is 2.69 bits per heavy atom. The third kappa shape index (κ3) is 3.69. The maximum Gasteiger partial charge on any atom is 0.280 e. The molecule has 0 bridgehead atoms. The number of carbonyl (C=O) groups is 1. The molecule has 0 saturated heterocycles. The van der Waals surface area contributed by atoms with Crippen LogP contribution in [-0.4, -0.2) is 20.6 Å². The zero-order valence-corrected chi connectivity index (χ0v) is 17.1. The Morgan fingerprint density at radius 1 is 1.28 bits per heavy atom. The van der Waals surface area contributed by atoms with Crippen LogP contribution in [0.3, 0.4) is 0 Å². The van der Waals surface area contributed by atoms with E-state index in [0.717, 1.165) is 41.8 Å². The number of rotatable bonds is 3. The van der Waals surface area contributed by atoms with Gasteiger partial charge in [0.15, 0.2) is 5.69 Å². The number of hydrogen-bond acceptors (Lipinski definition) is 4. The molecule has 0 fully saturated rings. The van der Waals surface area contributed by atoms with Crippen LogP contribution in [0, 0.1) is 17.2 Å². The number of imidazole rings is 1. The molecule has 0 saturated carbocycles. The first kappa shape index (κ1) is 19.4. The zero-order chi connectivity index (χ0) is 20.8. The zero-order valence-electron chi connectivity index (χ0n) is 17.1. The summed E-state index contributed by atoms with van der Waals surface area (Å²) in [6, 6.07) is 6.15. The number of nitrogens with zero attached hydrogens (tertiary/aromatic N) is 3. The molecule has 1 aliphatic carbocycles. The third-order valence-corrected chi connectivity index (χ3v) is 5.83. The van der Waals surface area contributed by atoms with E-state index in [4.69, 9.17) is 4.52 Å². The lowest BCUT2D eigenvalue weighted by atomic mass is 9.71. The van der Waals surface area contributed by atoms with E-state index in [-0.39, 0.29) is 17.1 Å². The molecule has 6 nitrogen and oxygen atoms in total. The van der Waals surface area contributed by atoms with E-state index >= 15 is 0 Å². The molecule has 152 valence electrons. The van der Waals surface area contributed by atoms with Gasteiger partial charge in [0.25, 0.3) is 5.91 Å². The van der Waals surface area contributed by atoms with E-state index < -0.39 is 0 Å². The maximum atomic E-state index is 13.2. The number of carbonyl (C=O) groups excluding carboxylic acids is 1. The number of aryl methyl sites for hydroxylation is 1. The molecule has 2 heterocycles. The Kier molecular flexibility index (Phi) is 4.76. The molecule has 3 aromatic rings. The van der Waals surface area contributed by atoms with Crippen molar-refractivity contribution in [1.29, 1.82) is 0 Å². The lowest BCUT2D eigenvalue weighted by Crippen LogP contribution is -2.28. The molecule has 1 aromatic carbocycles. The van der Waals surface area contributed by atoms with Crippen molar-refractivity contribution < 1.29 is 13.7 Å². The van der Waals surface area contributed by atoms with Crippen molar-refractivity contribution >= 4 is 11.9 Å². The minimum absolute atomic E-state index is 0.159. The Labute approximate surface area is 169 Å². The predicted octanol–water partition coefficient (Wildman–Crippen LogP) is 4.62. The summed E-state index contributed by atoms with van der Waals surface area (Å²) in [7, 11) is 1.80. The number of hydrogen-bond donors (Lipinski definition) is 1. The second kappa shape index (κ2) is 7.13. The van der Waals surface area contributed by atoms with Gasteiger partial charge in [-0.1, -0.05) is 25.9 Å². The normalized spacial score (nSPS) is 16.5. The van der Waals surface area contributed by atoms with Gasteiger partial charge in [0.1, 0.15) is 11.6 Å². The highest BCUT2D eigenvalue weighted by atomic mass is 19.1. The van der Waals surface area contributed by atoms with E-state index in [1.54, 1.807) is 29.9 Å². The Bertz CT molecular complexity index is 1040. The summed E-state index contributed by atoms with van der Waals surface area (Å²) < 4.78 is 20.4. The molecule has 1 atom stereocenters. The highest BCUT2D eigenvalue weighted by Gasteiger charge is 2.34. The molecule has 0 spiro atoms. The first-order valence-electron chi connectivity index (χ1n) is 9.80. The van der Waals surface area contributed by atoms with Gasteiger partial charge < -0.3 is 9.09 Å². The maximum absolute atomic E-state index is 13.2. The van der Waals surface area contributed by atoms with E-state index in [9.17, 15) is 9.18 Å². The smallest absolute Gasteiger partial charge is 0.280 e. The molecule has 0 aliphatic heterocycles. The van der Waals surface area contributed by atoms with Crippen molar-refractivity contribution in [3.63, 3.8) is 0 Å². The van der Waals surface area contributed by atoms with Crippen LogP contribution < -0.4 is 5.32 Å². The average Bonchev–Trinajstić information content (AvgIpc) is 3.25. The molecular formula is C22H25FN4O2. The Hall–Kier alpha value is -2.96. The summed E-state index contributed by atoms with van der Waals surface area (Å²) in [6.07, 6.45) is 4.27. The molecule has 2 aromatic heterocycles. The van der Waals surface area contributed by atoms with Crippen molar-refractivity contribution in [2.45, 2.75) is 40.0 Å². The van der Waals surface area contributed by atoms with Gasteiger partial charge in [0.2, 0.25) is 5.95 Å². The van der Waals surface area contributed by atoms with Gasteiger partial charge in [-0.25, -0.2) is 9.37 Å². The van der Waals surface area contributed by atoms with Gasteiger partial charge in [0, 0.05) is 24.6 Å². The summed E-state index contributed by atoms with van der Waals surface area (Å²) >= 11 is 0. The number of anilines is 1. The standard InChI is InChI=1S/C22H25FN4O2/c1-22(2,3)14-7-10-18-16(11-14)19(26-29-18)20(28)25-21-24-12-17(27(21)4)13-5-8-15(23)9-6-13/h5-6,8-9,12,14H,7,10-11H2,1-4H3,(H,24,25,28)/t14-/m1/s1. The van der Waals surface area contributed by atoms with Crippen LogP contribution in [0.2, 0.25) is 0 Å². The van der Waals surface area contributed by atoms with Crippen LogP contribution in [0.15, 0.2) is 35.0 Å². The molecule has 1 aliphatic rings. The summed E-state index contributed by atoms with van der Waals surface area (Å²) in [6.45, 7) is 6.67. The average molecular weight is 396 g/mol. The van der Waals surface area contributed by atoms with Crippen molar-refractivity contribution in [3.05, 3.63) is 53.3 Å². The number of amides is 1. The second-order valence-electron chi connectivity index (χ2n) is 8.73. The first-order valence-corrected chi connectivity index (χ1v) is 9.80. The molecule has 7 heteroatoms. The van der Waals surface area contributed by atoms with Crippen molar-refractivity contribution in [3.8, 4) is 11.3 Å². The fourth-order valence-corrected chi connectivity index (χ4v) is 3.90. The van der Waals surface area contributed by atoms with Gasteiger partial charge in [-0.2, -0.15) is 0 Å². The highest BCUT2D eigenvalue weighted by molar-refractivity contribution is 6.03. The SMILES string of the molecule is Cn1c(-c2ccc(F)cc2)cnc1NC(=O)c1noc2c1C[C@H](C(C)(C)C)CC2. The van der Waals surface area contributed by atoms with Gasteiger partial charge in [-0.15, -0.1) is 0 Å². The lowest BCUT2D eigenvalue weighted by Gasteiger charge is -2.33. The minimum Gasteiger partial charge on any atom is -0.360 e. The fraction of sp³-hybridized carbons (Fsp3) is 0.409. The molecule has 1 amide bonds. The number of aromatic nitrogens is 3. The van der Waals surface area contributed by atoms with Gasteiger partial charge in [-0.3, -0.25) is 10.1 Å². The number of nitrogens with one attached hydrogen (secondary N) is 1. The summed E-state index contributed by atoms with van der Waals surface area (Å²) in [5, 5.41) is 6.88. The van der Waals surface area contributed by atoms with Gasteiger partial charge in [-0.05, 0) is 48.4 Å². The van der Waals surface area contributed by atoms with E-state index in [0.29, 0.717) is 17.6 Å². The van der Waals surface area contributed by atoms with Crippen LogP contribution in [-0.2, 0) is 19.9 Å². The number of halogens is 1. The molecule has 29 heavy (non-hydrogen) atoms. The highest BCUT2D eigenvalue weighted by Crippen LogP contribution is 2.38. The summed E-state index contributed by atoms with van der Waals surface area (Å²) in [5.74, 6) is 1.05. The minimum atomic E-state index is -0.330. The van der Waals surface area contributed by atoms with Gasteiger partial charge >= 0.3 is 0 Å². The number of benzene rings is 1. The van der Waals surface area contributed by atoms with E-state index in [1.165, 1.54) is 12.1 Å². The van der Waals surface area contributed by atoms with Crippen LogP contribution in [0.25, 0.3) is 11.3 Å². The summed E-state index contributed by atoms with van der Waals surface area (Å²) in [5.41, 5.74) is 2.98. The Balaban J connectivity index is 1.56.